The van der Waals surface area contributed by atoms with Crippen molar-refractivity contribution in [1.82, 2.24) is 15.5 Å². The minimum Gasteiger partial charge on any atom is -0.396 e. The molecule has 1 aliphatic rings. The quantitative estimate of drug-likeness (QED) is 0.660. The molecule has 8 nitrogen and oxygen atoms in total. The maximum Gasteiger partial charge on any atom is 0.224 e. The van der Waals surface area contributed by atoms with E-state index in [0.717, 1.165) is 11.1 Å². The Bertz CT molecular complexity index is 848. The van der Waals surface area contributed by atoms with Gasteiger partial charge in [-0.3, -0.25) is 4.79 Å². The summed E-state index contributed by atoms with van der Waals surface area (Å²) in [6.45, 7) is 2.77. The number of amides is 1. The van der Waals surface area contributed by atoms with Crippen molar-refractivity contribution < 1.29 is 15.0 Å². The summed E-state index contributed by atoms with van der Waals surface area (Å²) in [6.07, 6.45) is -0.498. The average molecular weight is 381 g/mol. The van der Waals surface area contributed by atoms with Crippen molar-refractivity contribution in [3.8, 4) is 6.07 Å². The zero-order valence-electron chi connectivity index (χ0n) is 15.6. The Morgan fingerprint density at radius 2 is 2.04 bits per heavy atom. The highest BCUT2D eigenvalue weighted by Gasteiger charge is 2.33. The average Bonchev–Trinajstić information content (AvgIpc) is 3.08. The molecule has 2 aromatic rings. The van der Waals surface area contributed by atoms with E-state index in [4.69, 9.17) is 5.26 Å². The highest BCUT2D eigenvalue weighted by atomic mass is 16.3. The summed E-state index contributed by atoms with van der Waals surface area (Å²) in [6, 6.07) is 12.4. The number of anilines is 1. The summed E-state index contributed by atoms with van der Waals surface area (Å²) in [5.41, 5.74) is 2.12. The number of benzene rings is 1. The SMILES string of the molecule is CC(CO)c1ccc(CC(=O)NC2CN(c3ccc(C#N)nn3)C[C@H]2O)cc1. The second-order valence-corrected chi connectivity index (χ2v) is 7.04. The first-order valence-electron chi connectivity index (χ1n) is 9.16. The molecule has 0 aliphatic carbocycles. The maximum absolute atomic E-state index is 12.4. The Labute approximate surface area is 163 Å². The van der Waals surface area contributed by atoms with Crippen molar-refractivity contribution in [2.45, 2.75) is 31.4 Å². The van der Waals surface area contributed by atoms with Gasteiger partial charge in [-0.15, -0.1) is 10.2 Å². The Balaban J connectivity index is 1.55. The minimum atomic E-state index is -0.714. The zero-order chi connectivity index (χ0) is 20.1. The van der Waals surface area contributed by atoms with Crippen LogP contribution < -0.4 is 10.2 Å². The molecule has 3 N–H and O–H groups in total. The standard InChI is InChI=1S/C20H23N5O3/c1-13(12-26)15-4-2-14(3-5-15)8-20(28)22-17-10-25(11-18(17)27)19-7-6-16(9-21)23-24-19/h2-7,13,17-18,26-27H,8,10-12H2,1H3,(H,22,28)/t13?,17?,18-/m1/s1. The van der Waals surface area contributed by atoms with Crippen molar-refractivity contribution in [3.63, 3.8) is 0 Å². The molecular weight excluding hydrogens is 358 g/mol. The van der Waals surface area contributed by atoms with Crippen molar-refractivity contribution in [3.05, 3.63) is 53.2 Å². The lowest BCUT2D eigenvalue weighted by Gasteiger charge is -2.17. The summed E-state index contributed by atoms with van der Waals surface area (Å²) in [5, 5.41) is 38.9. The molecule has 3 atom stereocenters. The topological polar surface area (TPSA) is 122 Å². The van der Waals surface area contributed by atoms with E-state index in [9.17, 15) is 15.0 Å². The number of hydrogen-bond donors (Lipinski definition) is 3. The van der Waals surface area contributed by atoms with Gasteiger partial charge in [-0.2, -0.15) is 5.26 Å². The second kappa shape index (κ2) is 8.78. The fourth-order valence-electron chi connectivity index (χ4n) is 3.18. The molecular formula is C20H23N5O3. The molecule has 8 heteroatoms. The van der Waals surface area contributed by atoms with Gasteiger partial charge in [-0.1, -0.05) is 31.2 Å². The molecule has 1 aromatic carbocycles. The first-order valence-corrected chi connectivity index (χ1v) is 9.16. The number of nitrogens with one attached hydrogen (secondary N) is 1. The van der Waals surface area contributed by atoms with Gasteiger partial charge in [0.15, 0.2) is 11.5 Å². The summed E-state index contributed by atoms with van der Waals surface area (Å²) in [5.74, 6) is 0.455. The largest absolute Gasteiger partial charge is 0.396 e. The third-order valence-electron chi connectivity index (χ3n) is 4.91. The Morgan fingerprint density at radius 3 is 2.64 bits per heavy atom. The van der Waals surface area contributed by atoms with E-state index in [-0.39, 0.29) is 30.5 Å². The first kappa shape index (κ1) is 19.7. The van der Waals surface area contributed by atoms with E-state index in [1.54, 1.807) is 12.1 Å². The van der Waals surface area contributed by atoms with E-state index in [1.165, 1.54) is 0 Å². The summed E-state index contributed by atoms with van der Waals surface area (Å²) in [4.78, 5) is 14.2. The molecule has 1 amide bonds. The van der Waals surface area contributed by atoms with Crippen LogP contribution >= 0.6 is 0 Å². The maximum atomic E-state index is 12.4. The number of β-amino-alcohol motifs (C(OH)–C–C–N with tert-alkyl or cyclic N) is 1. The van der Waals surface area contributed by atoms with E-state index in [0.29, 0.717) is 18.9 Å². The van der Waals surface area contributed by atoms with Crippen LogP contribution in [0.3, 0.4) is 0 Å². The Morgan fingerprint density at radius 1 is 1.29 bits per heavy atom. The van der Waals surface area contributed by atoms with Crippen LogP contribution in [-0.4, -0.2) is 58.2 Å². The van der Waals surface area contributed by atoms with Gasteiger partial charge >= 0.3 is 0 Å². The number of carbonyl (C=O) groups excluding carboxylic acids is 1. The molecule has 28 heavy (non-hydrogen) atoms. The Kier molecular flexibility index (Phi) is 6.19. The van der Waals surface area contributed by atoms with E-state index < -0.39 is 12.1 Å². The third-order valence-corrected chi connectivity index (χ3v) is 4.91. The van der Waals surface area contributed by atoms with Gasteiger partial charge in [-0.25, -0.2) is 0 Å². The number of rotatable bonds is 6. The molecule has 2 unspecified atom stereocenters. The monoisotopic (exact) mass is 381 g/mol. The predicted molar refractivity (Wildman–Crippen MR) is 103 cm³/mol. The summed E-state index contributed by atoms with van der Waals surface area (Å²) in [7, 11) is 0. The van der Waals surface area contributed by atoms with E-state index in [1.807, 2.05) is 42.2 Å². The van der Waals surface area contributed by atoms with Crippen LogP contribution in [0, 0.1) is 11.3 Å². The number of carbonyl (C=O) groups is 1. The molecule has 1 aromatic heterocycles. The normalized spacial score (nSPS) is 19.9. The number of aliphatic hydroxyl groups is 2. The molecule has 1 aliphatic heterocycles. The van der Waals surface area contributed by atoms with Crippen molar-refractivity contribution in [2.75, 3.05) is 24.6 Å². The highest BCUT2D eigenvalue weighted by molar-refractivity contribution is 5.79. The Hall–Kier alpha value is -3.02. The van der Waals surface area contributed by atoms with Gasteiger partial charge in [0.25, 0.3) is 0 Å². The van der Waals surface area contributed by atoms with Crippen LogP contribution in [0.2, 0.25) is 0 Å². The van der Waals surface area contributed by atoms with Gasteiger partial charge in [-0.05, 0) is 23.3 Å². The summed E-state index contributed by atoms with van der Waals surface area (Å²) >= 11 is 0. The highest BCUT2D eigenvalue weighted by Crippen LogP contribution is 2.19. The van der Waals surface area contributed by atoms with Crippen LogP contribution in [0.25, 0.3) is 0 Å². The molecule has 0 radical (unpaired) electrons. The molecule has 0 bridgehead atoms. The first-order chi connectivity index (χ1) is 13.5. The van der Waals surface area contributed by atoms with Crippen LogP contribution in [-0.2, 0) is 11.2 Å². The van der Waals surface area contributed by atoms with Gasteiger partial charge in [0.05, 0.1) is 18.6 Å². The fraction of sp³-hybridized carbons (Fsp3) is 0.400. The molecule has 0 spiro atoms. The fourth-order valence-corrected chi connectivity index (χ4v) is 3.18. The zero-order valence-corrected chi connectivity index (χ0v) is 15.6. The van der Waals surface area contributed by atoms with Crippen LogP contribution in [0.1, 0.15) is 29.7 Å². The molecule has 1 saturated heterocycles. The van der Waals surface area contributed by atoms with E-state index >= 15 is 0 Å². The third kappa shape index (κ3) is 4.63. The molecule has 146 valence electrons. The molecule has 2 heterocycles. The van der Waals surface area contributed by atoms with Crippen LogP contribution in [0.4, 0.5) is 5.82 Å². The lowest BCUT2D eigenvalue weighted by atomic mass is 10.00. The van der Waals surface area contributed by atoms with Gasteiger partial charge < -0.3 is 20.4 Å². The molecule has 3 rings (SSSR count). The van der Waals surface area contributed by atoms with Gasteiger partial charge in [0.1, 0.15) is 6.07 Å². The van der Waals surface area contributed by atoms with Crippen LogP contribution in [0.15, 0.2) is 36.4 Å². The molecule has 1 fully saturated rings. The number of aromatic nitrogens is 2. The molecule has 0 saturated carbocycles. The predicted octanol–water partition coefficient (Wildman–Crippen LogP) is 0.352. The smallest absolute Gasteiger partial charge is 0.224 e. The number of nitrogens with zero attached hydrogens (tertiary/aromatic N) is 4. The minimum absolute atomic E-state index is 0.0628. The summed E-state index contributed by atoms with van der Waals surface area (Å²) < 4.78 is 0. The lowest BCUT2D eigenvalue weighted by molar-refractivity contribution is -0.121. The van der Waals surface area contributed by atoms with E-state index in [2.05, 4.69) is 15.5 Å². The van der Waals surface area contributed by atoms with Crippen molar-refractivity contribution >= 4 is 11.7 Å². The number of nitriles is 1. The number of aliphatic hydroxyl groups excluding tert-OH is 2. The lowest BCUT2D eigenvalue weighted by Crippen LogP contribution is -2.43. The van der Waals surface area contributed by atoms with Crippen molar-refractivity contribution in [1.29, 1.82) is 5.26 Å². The second-order valence-electron chi connectivity index (χ2n) is 7.04. The van der Waals surface area contributed by atoms with Gasteiger partial charge in [0.2, 0.25) is 5.91 Å². The van der Waals surface area contributed by atoms with Crippen molar-refractivity contribution in [2.24, 2.45) is 0 Å². The number of hydrogen-bond acceptors (Lipinski definition) is 7. The van der Waals surface area contributed by atoms with Gasteiger partial charge in [0, 0.05) is 25.6 Å². The van der Waals surface area contributed by atoms with Crippen LogP contribution in [0.5, 0.6) is 0 Å².